The first-order valence-electron chi connectivity index (χ1n) is 5.71. The third-order valence-corrected chi connectivity index (χ3v) is 3.86. The SMILES string of the molecule is CC(C)CC(N)C(=O)NC(C)c1ccc(Cl)s1. The summed E-state index contributed by atoms with van der Waals surface area (Å²) in [6, 6.07) is 3.27. The van der Waals surface area contributed by atoms with Gasteiger partial charge in [-0.05, 0) is 31.4 Å². The standard InChI is InChI=1S/C12H19ClN2OS/c1-7(2)6-9(14)12(16)15-8(3)10-4-5-11(13)17-10/h4-5,7-9H,6,14H2,1-3H3,(H,15,16). The molecule has 0 saturated heterocycles. The highest BCUT2D eigenvalue weighted by Gasteiger charge is 2.18. The van der Waals surface area contributed by atoms with E-state index < -0.39 is 6.04 Å². The topological polar surface area (TPSA) is 55.1 Å². The van der Waals surface area contributed by atoms with Crippen LogP contribution in [0.15, 0.2) is 12.1 Å². The van der Waals surface area contributed by atoms with Crippen LogP contribution in [0.4, 0.5) is 0 Å². The van der Waals surface area contributed by atoms with Gasteiger partial charge in [-0.15, -0.1) is 11.3 Å². The van der Waals surface area contributed by atoms with Gasteiger partial charge < -0.3 is 11.1 Å². The number of hydrogen-bond acceptors (Lipinski definition) is 3. The van der Waals surface area contributed by atoms with E-state index in [0.717, 1.165) is 9.21 Å². The van der Waals surface area contributed by atoms with Crippen molar-refractivity contribution in [3.05, 3.63) is 21.3 Å². The second-order valence-electron chi connectivity index (χ2n) is 4.61. The van der Waals surface area contributed by atoms with Crippen molar-refractivity contribution in [3.63, 3.8) is 0 Å². The van der Waals surface area contributed by atoms with Gasteiger partial charge in [-0.2, -0.15) is 0 Å². The minimum atomic E-state index is -0.437. The maximum atomic E-state index is 11.8. The molecule has 0 aromatic carbocycles. The molecule has 0 aliphatic rings. The fourth-order valence-corrected chi connectivity index (χ4v) is 2.63. The normalized spacial score (nSPS) is 14.7. The zero-order chi connectivity index (χ0) is 13.0. The van der Waals surface area contributed by atoms with Gasteiger partial charge in [-0.3, -0.25) is 4.79 Å². The van der Waals surface area contributed by atoms with Crippen LogP contribution in [0.5, 0.6) is 0 Å². The summed E-state index contributed by atoms with van der Waals surface area (Å²) in [6.07, 6.45) is 0.698. The molecule has 1 amide bonds. The molecule has 17 heavy (non-hydrogen) atoms. The molecule has 1 rings (SSSR count). The summed E-state index contributed by atoms with van der Waals surface area (Å²) in [5.41, 5.74) is 5.82. The third kappa shape index (κ3) is 4.66. The average molecular weight is 275 g/mol. The number of amides is 1. The van der Waals surface area contributed by atoms with E-state index in [0.29, 0.717) is 12.3 Å². The van der Waals surface area contributed by atoms with Crippen molar-refractivity contribution in [3.8, 4) is 0 Å². The van der Waals surface area contributed by atoms with Crippen molar-refractivity contribution in [2.24, 2.45) is 11.7 Å². The molecule has 0 spiro atoms. The van der Waals surface area contributed by atoms with Crippen LogP contribution in [0.2, 0.25) is 4.34 Å². The van der Waals surface area contributed by atoms with Crippen LogP contribution in [0, 0.1) is 5.92 Å². The van der Waals surface area contributed by atoms with E-state index in [2.05, 4.69) is 19.2 Å². The Hall–Kier alpha value is -0.580. The predicted molar refractivity (Wildman–Crippen MR) is 73.3 cm³/mol. The molecule has 3 N–H and O–H groups in total. The number of carbonyl (C=O) groups excluding carboxylic acids is 1. The molecule has 1 aromatic heterocycles. The molecular weight excluding hydrogens is 256 g/mol. The van der Waals surface area contributed by atoms with Gasteiger partial charge in [0.05, 0.1) is 16.4 Å². The zero-order valence-electron chi connectivity index (χ0n) is 10.4. The summed E-state index contributed by atoms with van der Waals surface area (Å²) < 4.78 is 0.729. The number of rotatable bonds is 5. The van der Waals surface area contributed by atoms with Gasteiger partial charge in [0.2, 0.25) is 5.91 Å². The van der Waals surface area contributed by atoms with Crippen molar-refractivity contribution < 1.29 is 4.79 Å². The van der Waals surface area contributed by atoms with E-state index in [9.17, 15) is 4.79 Å². The van der Waals surface area contributed by atoms with E-state index in [1.54, 1.807) is 0 Å². The van der Waals surface area contributed by atoms with Crippen LogP contribution < -0.4 is 11.1 Å². The van der Waals surface area contributed by atoms with E-state index >= 15 is 0 Å². The molecule has 0 bridgehead atoms. The third-order valence-electron chi connectivity index (χ3n) is 2.44. The maximum Gasteiger partial charge on any atom is 0.237 e. The molecule has 5 heteroatoms. The number of hydrogen-bond donors (Lipinski definition) is 2. The van der Waals surface area contributed by atoms with Gasteiger partial charge in [0.25, 0.3) is 0 Å². The van der Waals surface area contributed by atoms with Crippen molar-refractivity contribution >= 4 is 28.8 Å². The van der Waals surface area contributed by atoms with E-state index in [1.165, 1.54) is 11.3 Å². The van der Waals surface area contributed by atoms with Gasteiger partial charge in [0.1, 0.15) is 0 Å². The molecule has 2 atom stereocenters. The molecule has 0 aliphatic heterocycles. The first-order chi connectivity index (χ1) is 7.90. The Labute approximate surface area is 111 Å². The number of carbonyl (C=O) groups is 1. The zero-order valence-corrected chi connectivity index (χ0v) is 11.9. The Morgan fingerprint density at radius 1 is 1.47 bits per heavy atom. The Kier molecular flexibility index (Phi) is 5.43. The highest BCUT2D eigenvalue weighted by Crippen LogP contribution is 2.26. The minimum absolute atomic E-state index is 0.0433. The molecule has 1 heterocycles. The lowest BCUT2D eigenvalue weighted by atomic mass is 10.0. The van der Waals surface area contributed by atoms with Crippen molar-refractivity contribution in [1.29, 1.82) is 0 Å². The van der Waals surface area contributed by atoms with Gasteiger partial charge in [-0.1, -0.05) is 25.4 Å². The van der Waals surface area contributed by atoms with E-state index in [4.69, 9.17) is 17.3 Å². The molecule has 0 radical (unpaired) electrons. The Morgan fingerprint density at radius 3 is 2.59 bits per heavy atom. The molecule has 96 valence electrons. The monoisotopic (exact) mass is 274 g/mol. The van der Waals surface area contributed by atoms with Gasteiger partial charge in [0.15, 0.2) is 0 Å². The lowest BCUT2D eigenvalue weighted by Crippen LogP contribution is -2.42. The highest BCUT2D eigenvalue weighted by atomic mass is 35.5. The summed E-state index contributed by atoms with van der Waals surface area (Å²) >= 11 is 7.33. The van der Waals surface area contributed by atoms with Gasteiger partial charge >= 0.3 is 0 Å². The van der Waals surface area contributed by atoms with Crippen LogP contribution >= 0.6 is 22.9 Å². The van der Waals surface area contributed by atoms with Crippen LogP contribution in [-0.4, -0.2) is 11.9 Å². The fraction of sp³-hybridized carbons (Fsp3) is 0.583. The first kappa shape index (κ1) is 14.5. The summed E-state index contributed by atoms with van der Waals surface area (Å²) in [5.74, 6) is 0.318. The Balaban J connectivity index is 2.51. The quantitative estimate of drug-likeness (QED) is 0.867. The average Bonchev–Trinajstić information content (AvgIpc) is 2.63. The molecular formula is C12H19ClN2OS. The van der Waals surface area contributed by atoms with Crippen molar-refractivity contribution in [2.75, 3.05) is 0 Å². The summed E-state index contributed by atoms with van der Waals surface area (Å²) in [5, 5.41) is 2.90. The highest BCUT2D eigenvalue weighted by molar-refractivity contribution is 7.16. The second kappa shape index (κ2) is 6.38. The summed E-state index contributed by atoms with van der Waals surface area (Å²) in [7, 11) is 0. The summed E-state index contributed by atoms with van der Waals surface area (Å²) in [4.78, 5) is 12.8. The number of nitrogens with two attached hydrogens (primary N) is 1. The summed E-state index contributed by atoms with van der Waals surface area (Å²) in [6.45, 7) is 6.04. The minimum Gasteiger partial charge on any atom is -0.347 e. The van der Waals surface area contributed by atoms with Crippen LogP contribution in [-0.2, 0) is 4.79 Å². The lowest BCUT2D eigenvalue weighted by Gasteiger charge is -2.17. The first-order valence-corrected chi connectivity index (χ1v) is 6.90. The smallest absolute Gasteiger partial charge is 0.237 e. The van der Waals surface area contributed by atoms with Gasteiger partial charge in [0, 0.05) is 4.88 Å². The Bertz CT molecular complexity index is 378. The van der Waals surface area contributed by atoms with Crippen molar-refractivity contribution in [1.82, 2.24) is 5.32 Å². The van der Waals surface area contributed by atoms with Crippen LogP contribution in [0.3, 0.4) is 0 Å². The molecule has 2 unspecified atom stereocenters. The van der Waals surface area contributed by atoms with E-state index in [-0.39, 0.29) is 11.9 Å². The number of thiophene rings is 1. The molecule has 0 aliphatic carbocycles. The van der Waals surface area contributed by atoms with Crippen molar-refractivity contribution in [2.45, 2.75) is 39.3 Å². The van der Waals surface area contributed by atoms with E-state index in [1.807, 2.05) is 19.1 Å². The molecule has 1 aromatic rings. The number of halogens is 1. The maximum absolute atomic E-state index is 11.8. The second-order valence-corrected chi connectivity index (χ2v) is 6.35. The molecule has 0 saturated carbocycles. The Morgan fingerprint density at radius 2 is 2.12 bits per heavy atom. The largest absolute Gasteiger partial charge is 0.347 e. The lowest BCUT2D eigenvalue weighted by molar-refractivity contribution is -0.123. The molecule has 3 nitrogen and oxygen atoms in total. The fourth-order valence-electron chi connectivity index (χ4n) is 1.57. The van der Waals surface area contributed by atoms with Crippen LogP contribution in [0.25, 0.3) is 0 Å². The number of nitrogens with one attached hydrogen (secondary N) is 1. The van der Waals surface area contributed by atoms with Gasteiger partial charge in [-0.25, -0.2) is 0 Å². The molecule has 0 fully saturated rings. The van der Waals surface area contributed by atoms with Crippen LogP contribution in [0.1, 0.15) is 38.1 Å². The predicted octanol–water partition coefficient (Wildman–Crippen LogP) is 2.95.